The molecule has 1 heterocycles. The van der Waals surface area contributed by atoms with Crippen LogP contribution in [0, 0.1) is 0 Å². The Balaban J connectivity index is 2.62. The van der Waals surface area contributed by atoms with Crippen LogP contribution < -0.4 is 0 Å². The van der Waals surface area contributed by atoms with E-state index in [0.717, 1.165) is 0 Å². The molecular weight excluding hydrogens is 106 g/mol. The van der Waals surface area contributed by atoms with Gasteiger partial charge < -0.3 is 4.84 Å². The number of ketones is 1. The molecule has 0 N–H and O–H groups in total. The summed E-state index contributed by atoms with van der Waals surface area (Å²) in [7, 11) is 0. The molecule has 0 saturated carbocycles. The molecule has 1 aliphatic heterocycles. The molecule has 0 bridgehead atoms. The largest absolute Gasteiger partial charge is 0.387 e. The first-order chi connectivity index (χ1) is 3.84. The first-order valence-electron chi connectivity index (χ1n) is 2.56. The van der Waals surface area contributed by atoms with Gasteiger partial charge in [-0.2, -0.15) is 0 Å². The highest BCUT2D eigenvalue weighted by Crippen LogP contribution is 1.97. The van der Waals surface area contributed by atoms with Crippen molar-refractivity contribution in [3.63, 3.8) is 0 Å². The SMILES string of the molecule is CCC1=NOCC1=O. The molecule has 0 aromatic heterocycles. The fourth-order valence-corrected chi connectivity index (χ4v) is 0.565. The van der Waals surface area contributed by atoms with Gasteiger partial charge in [-0.15, -0.1) is 0 Å². The summed E-state index contributed by atoms with van der Waals surface area (Å²) in [5.41, 5.74) is 0.560. The van der Waals surface area contributed by atoms with E-state index in [2.05, 4.69) is 9.99 Å². The highest BCUT2D eigenvalue weighted by atomic mass is 16.6. The third kappa shape index (κ3) is 0.710. The van der Waals surface area contributed by atoms with Crippen LogP contribution in [0.2, 0.25) is 0 Å². The molecule has 0 aromatic carbocycles. The first-order valence-corrected chi connectivity index (χ1v) is 2.56. The van der Waals surface area contributed by atoms with Crippen LogP contribution in [0.3, 0.4) is 0 Å². The number of oxime groups is 1. The Morgan fingerprint density at radius 3 is 2.88 bits per heavy atom. The van der Waals surface area contributed by atoms with Gasteiger partial charge in [0.15, 0.2) is 6.61 Å². The quantitative estimate of drug-likeness (QED) is 0.492. The Bertz CT molecular complexity index is 139. The predicted molar refractivity (Wildman–Crippen MR) is 28.7 cm³/mol. The molecule has 44 valence electrons. The maximum absolute atomic E-state index is 10.5. The highest BCUT2D eigenvalue weighted by Gasteiger charge is 2.15. The van der Waals surface area contributed by atoms with E-state index in [1.807, 2.05) is 6.92 Å². The summed E-state index contributed by atoms with van der Waals surface area (Å²) < 4.78 is 0. The van der Waals surface area contributed by atoms with E-state index < -0.39 is 0 Å². The van der Waals surface area contributed by atoms with Gasteiger partial charge in [0.25, 0.3) is 0 Å². The molecule has 0 amide bonds. The Kier molecular flexibility index (Phi) is 1.28. The lowest BCUT2D eigenvalue weighted by Gasteiger charge is -1.81. The summed E-state index contributed by atoms with van der Waals surface area (Å²) in [4.78, 5) is 15.0. The van der Waals surface area contributed by atoms with Crippen molar-refractivity contribution in [2.24, 2.45) is 5.16 Å². The molecule has 0 fully saturated rings. The van der Waals surface area contributed by atoms with Crippen LogP contribution in [-0.4, -0.2) is 18.1 Å². The summed E-state index contributed by atoms with van der Waals surface area (Å²) >= 11 is 0. The van der Waals surface area contributed by atoms with E-state index in [-0.39, 0.29) is 12.4 Å². The molecule has 1 aliphatic rings. The fourth-order valence-electron chi connectivity index (χ4n) is 0.565. The maximum Gasteiger partial charge on any atom is 0.220 e. The van der Waals surface area contributed by atoms with Gasteiger partial charge in [-0.05, 0) is 6.42 Å². The van der Waals surface area contributed by atoms with E-state index in [9.17, 15) is 4.79 Å². The zero-order valence-corrected chi connectivity index (χ0v) is 4.68. The van der Waals surface area contributed by atoms with E-state index in [0.29, 0.717) is 12.1 Å². The molecule has 0 atom stereocenters. The summed E-state index contributed by atoms with van der Waals surface area (Å²) in [5, 5.41) is 3.50. The molecule has 0 aromatic rings. The average molecular weight is 113 g/mol. The number of Topliss-reactive ketones (excluding diaryl/α,β-unsaturated/α-hetero) is 1. The lowest BCUT2D eigenvalue weighted by atomic mass is 10.2. The van der Waals surface area contributed by atoms with Crippen LogP contribution in [-0.2, 0) is 9.63 Å². The third-order valence-electron chi connectivity index (χ3n) is 1.03. The minimum absolute atomic E-state index is 0.0208. The standard InChI is InChI=1S/C5H7NO2/c1-2-4-5(7)3-8-6-4/h2-3H2,1H3. The van der Waals surface area contributed by atoms with Crippen LogP contribution in [0.15, 0.2) is 5.16 Å². The van der Waals surface area contributed by atoms with Crippen molar-refractivity contribution in [2.75, 3.05) is 6.61 Å². The van der Waals surface area contributed by atoms with E-state index in [1.165, 1.54) is 0 Å². The minimum atomic E-state index is 0.0208. The average Bonchev–Trinajstić information content (AvgIpc) is 2.14. The van der Waals surface area contributed by atoms with Crippen molar-refractivity contribution in [3.05, 3.63) is 0 Å². The molecule has 0 unspecified atom stereocenters. The van der Waals surface area contributed by atoms with Gasteiger partial charge in [0.1, 0.15) is 5.71 Å². The zero-order valence-electron chi connectivity index (χ0n) is 4.68. The molecule has 8 heavy (non-hydrogen) atoms. The molecule has 3 nitrogen and oxygen atoms in total. The summed E-state index contributed by atoms with van der Waals surface area (Å²) in [6, 6.07) is 0. The number of carbonyl (C=O) groups is 1. The fraction of sp³-hybridized carbons (Fsp3) is 0.600. The molecular formula is C5H7NO2. The van der Waals surface area contributed by atoms with Crippen LogP contribution in [0.1, 0.15) is 13.3 Å². The van der Waals surface area contributed by atoms with Crippen molar-refractivity contribution < 1.29 is 9.63 Å². The summed E-state index contributed by atoms with van der Waals surface area (Å²) in [6.45, 7) is 2.02. The van der Waals surface area contributed by atoms with Gasteiger partial charge in [-0.25, -0.2) is 0 Å². The van der Waals surface area contributed by atoms with Crippen LogP contribution in [0.4, 0.5) is 0 Å². The van der Waals surface area contributed by atoms with Gasteiger partial charge in [0.2, 0.25) is 5.78 Å². The normalized spacial score (nSPS) is 18.1. The number of rotatable bonds is 1. The zero-order chi connectivity index (χ0) is 5.98. The second-order valence-electron chi connectivity index (χ2n) is 1.59. The molecule has 3 heteroatoms. The lowest BCUT2D eigenvalue weighted by Crippen LogP contribution is -2.09. The maximum atomic E-state index is 10.5. The Labute approximate surface area is 47.3 Å². The van der Waals surface area contributed by atoms with E-state index in [4.69, 9.17) is 0 Å². The third-order valence-corrected chi connectivity index (χ3v) is 1.03. The molecule has 0 radical (unpaired) electrons. The molecule has 0 spiro atoms. The van der Waals surface area contributed by atoms with Gasteiger partial charge in [-0.3, -0.25) is 4.79 Å². The predicted octanol–water partition coefficient (Wildman–Crippen LogP) is 0.352. The number of hydrogen-bond acceptors (Lipinski definition) is 3. The smallest absolute Gasteiger partial charge is 0.220 e. The van der Waals surface area contributed by atoms with Crippen LogP contribution >= 0.6 is 0 Å². The van der Waals surface area contributed by atoms with Gasteiger partial charge in [0, 0.05) is 0 Å². The van der Waals surface area contributed by atoms with Crippen LogP contribution in [0.25, 0.3) is 0 Å². The van der Waals surface area contributed by atoms with Gasteiger partial charge >= 0.3 is 0 Å². The summed E-state index contributed by atoms with van der Waals surface area (Å²) in [6.07, 6.45) is 0.679. The van der Waals surface area contributed by atoms with Crippen molar-refractivity contribution in [1.82, 2.24) is 0 Å². The monoisotopic (exact) mass is 113 g/mol. The van der Waals surface area contributed by atoms with Crippen molar-refractivity contribution in [2.45, 2.75) is 13.3 Å². The van der Waals surface area contributed by atoms with Crippen LogP contribution in [0.5, 0.6) is 0 Å². The number of hydrogen-bond donors (Lipinski definition) is 0. The van der Waals surface area contributed by atoms with Crippen molar-refractivity contribution >= 4 is 11.5 Å². The van der Waals surface area contributed by atoms with Gasteiger partial charge in [-0.1, -0.05) is 12.1 Å². The highest BCUT2D eigenvalue weighted by molar-refractivity contribution is 6.41. The van der Waals surface area contributed by atoms with E-state index in [1.54, 1.807) is 0 Å². The first kappa shape index (κ1) is 5.28. The Morgan fingerprint density at radius 2 is 2.62 bits per heavy atom. The van der Waals surface area contributed by atoms with Gasteiger partial charge in [0.05, 0.1) is 0 Å². The Morgan fingerprint density at radius 1 is 1.88 bits per heavy atom. The second-order valence-corrected chi connectivity index (χ2v) is 1.59. The van der Waals surface area contributed by atoms with Crippen molar-refractivity contribution in [1.29, 1.82) is 0 Å². The second kappa shape index (κ2) is 1.94. The Hall–Kier alpha value is -0.860. The van der Waals surface area contributed by atoms with Crippen molar-refractivity contribution in [3.8, 4) is 0 Å². The number of nitrogens with zero attached hydrogens (tertiary/aromatic N) is 1. The van der Waals surface area contributed by atoms with E-state index >= 15 is 0 Å². The molecule has 0 aliphatic carbocycles. The molecule has 0 saturated heterocycles. The number of carbonyl (C=O) groups excluding carboxylic acids is 1. The molecule has 1 rings (SSSR count). The summed E-state index contributed by atoms with van der Waals surface area (Å²) in [5.74, 6) is 0.0208. The lowest BCUT2D eigenvalue weighted by molar-refractivity contribution is -0.114. The topological polar surface area (TPSA) is 38.7 Å². The minimum Gasteiger partial charge on any atom is -0.387 e.